The van der Waals surface area contributed by atoms with Crippen LogP contribution in [0.3, 0.4) is 0 Å². The van der Waals surface area contributed by atoms with Crippen molar-refractivity contribution in [3.05, 3.63) is 35.9 Å². The van der Waals surface area contributed by atoms with Crippen molar-refractivity contribution in [2.45, 2.75) is 32.2 Å². The number of nitrogens with zero attached hydrogens (tertiary/aromatic N) is 1. The number of amides is 3. The molecule has 0 radical (unpaired) electrons. The Morgan fingerprint density at radius 3 is 2.59 bits per heavy atom. The summed E-state index contributed by atoms with van der Waals surface area (Å²) in [6, 6.07) is 8.80. The minimum absolute atomic E-state index is 0.264. The Morgan fingerprint density at radius 2 is 1.91 bits per heavy atom. The van der Waals surface area contributed by atoms with E-state index in [1.807, 2.05) is 30.3 Å². The van der Waals surface area contributed by atoms with Crippen molar-refractivity contribution in [1.29, 1.82) is 0 Å². The summed E-state index contributed by atoms with van der Waals surface area (Å²) in [4.78, 5) is 26.3. The van der Waals surface area contributed by atoms with Gasteiger partial charge in [-0.3, -0.25) is 15.0 Å². The lowest BCUT2D eigenvalue weighted by Crippen LogP contribution is -2.46. The van der Waals surface area contributed by atoms with E-state index in [2.05, 4.69) is 22.5 Å². The maximum absolute atomic E-state index is 12.6. The number of carbonyl (C=O) groups excluding carboxylic acids is 2. The molecule has 0 saturated carbocycles. The fourth-order valence-corrected chi connectivity index (χ4v) is 2.95. The van der Waals surface area contributed by atoms with Gasteiger partial charge >= 0.3 is 6.03 Å². The van der Waals surface area contributed by atoms with E-state index >= 15 is 0 Å². The van der Waals surface area contributed by atoms with Gasteiger partial charge in [0.25, 0.3) is 0 Å². The Bertz CT molecular complexity index is 504. The predicted molar refractivity (Wildman–Crippen MR) is 86.4 cm³/mol. The summed E-state index contributed by atoms with van der Waals surface area (Å²) in [6.45, 7) is 4.01. The molecule has 1 aliphatic heterocycles. The standard InChI is InChI=1S/C17H25N3O2/c1-13-7-6-11-20(12-10-13)15(14-8-4-3-5-9-14)16(21)19-17(22)18-2/h3-5,8-9,13,15H,6-7,10-12H2,1-2H3,(H2,18,19,21,22)/t13-,15+/m0/s1. The Balaban J connectivity index is 2.21. The lowest BCUT2D eigenvalue weighted by atomic mass is 10.0. The zero-order valence-electron chi connectivity index (χ0n) is 13.3. The van der Waals surface area contributed by atoms with Gasteiger partial charge in [-0.1, -0.05) is 37.3 Å². The highest BCUT2D eigenvalue weighted by atomic mass is 16.2. The van der Waals surface area contributed by atoms with Crippen molar-refractivity contribution < 1.29 is 9.59 Å². The molecular weight excluding hydrogens is 278 g/mol. The van der Waals surface area contributed by atoms with Crippen LogP contribution in [0.15, 0.2) is 30.3 Å². The van der Waals surface area contributed by atoms with E-state index in [1.165, 1.54) is 13.5 Å². The maximum atomic E-state index is 12.6. The van der Waals surface area contributed by atoms with Crippen LogP contribution in [0, 0.1) is 5.92 Å². The SMILES string of the molecule is CNC(=O)NC(=O)[C@@H](c1ccccc1)N1CCC[C@H](C)CC1. The van der Waals surface area contributed by atoms with Gasteiger partial charge in [-0.05, 0) is 43.8 Å². The van der Waals surface area contributed by atoms with Gasteiger partial charge in [0.2, 0.25) is 5.91 Å². The van der Waals surface area contributed by atoms with Crippen LogP contribution in [0.4, 0.5) is 4.79 Å². The van der Waals surface area contributed by atoms with Gasteiger partial charge in [-0.2, -0.15) is 0 Å². The highest BCUT2D eigenvalue weighted by Crippen LogP contribution is 2.26. The molecule has 1 fully saturated rings. The third-order valence-corrected chi connectivity index (χ3v) is 4.24. The van der Waals surface area contributed by atoms with Gasteiger partial charge in [0.15, 0.2) is 0 Å². The quantitative estimate of drug-likeness (QED) is 0.901. The third kappa shape index (κ3) is 4.31. The smallest absolute Gasteiger partial charge is 0.321 e. The van der Waals surface area contributed by atoms with Gasteiger partial charge in [0, 0.05) is 7.05 Å². The van der Waals surface area contributed by atoms with Gasteiger partial charge in [-0.15, -0.1) is 0 Å². The summed E-state index contributed by atoms with van der Waals surface area (Å²) in [5.74, 6) is 0.420. The Hall–Kier alpha value is -1.88. The Labute approximate surface area is 132 Å². The molecule has 5 nitrogen and oxygen atoms in total. The zero-order valence-corrected chi connectivity index (χ0v) is 13.3. The molecule has 0 unspecified atom stereocenters. The molecule has 2 atom stereocenters. The number of likely N-dealkylation sites (tertiary alicyclic amines) is 1. The average molecular weight is 303 g/mol. The first kappa shape index (κ1) is 16.5. The molecular formula is C17H25N3O2. The second-order valence-electron chi connectivity index (χ2n) is 5.95. The van der Waals surface area contributed by atoms with E-state index in [0.29, 0.717) is 5.92 Å². The lowest BCUT2D eigenvalue weighted by Gasteiger charge is -2.29. The topological polar surface area (TPSA) is 61.4 Å². The molecule has 1 aromatic rings. The van der Waals surface area contributed by atoms with E-state index in [-0.39, 0.29) is 5.91 Å². The highest BCUT2D eigenvalue weighted by molar-refractivity contribution is 5.97. The third-order valence-electron chi connectivity index (χ3n) is 4.24. The molecule has 1 saturated heterocycles. The van der Waals surface area contributed by atoms with Crippen LogP contribution in [0.25, 0.3) is 0 Å². The van der Waals surface area contributed by atoms with Gasteiger partial charge < -0.3 is 5.32 Å². The summed E-state index contributed by atoms with van der Waals surface area (Å²) >= 11 is 0. The van der Waals surface area contributed by atoms with E-state index in [9.17, 15) is 9.59 Å². The fraction of sp³-hybridized carbons (Fsp3) is 0.529. The number of hydrogen-bond acceptors (Lipinski definition) is 3. The molecule has 1 aliphatic rings. The number of carbonyl (C=O) groups is 2. The van der Waals surface area contributed by atoms with Gasteiger partial charge in [0.05, 0.1) is 0 Å². The average Bonchev–Trinajstić information content (AvgIpc) is 2.73. The van der Waals surface area contributed by atoms with Crippen LogP contribution < -0.4 is 10.6 Å². The summed E-state index contributed by atoms with van der Waals surface area (Å²) in [5.41, 5.74) is 0.929. The van der Waals surface area contributed by atoms with E-state index in [0.717, 1.165) is 31.5 Å². The van der Waals surface area contributed by atoms with Crippen LogP contribution in [0.1, 0.15) is 37.8 Å². The minimum Gasteiger partial charge on any atom is -0.341 e. The first-order valence-corrected chi connectivity index (χ1v) is 7.93. The van der Waals surface area contributed by atoms with Crippen molar-refractivity contribution in [2.75, 3.05) is 20.1 Å². The molecule has 22 heavy (non-hydrogen) atoms. The Morgan fingerprint density at radius 1 is 1.18 bits per heavy atom. The molecule has 1 aromatic carbocycles. The first-order chi connectivity index (χ1) is 10.6. The molecule has 120 valence electrons. The summed E-state index contributed by atoms with van der Waals surface area (Å²) in [5, 5.41) is 4.86. The largest absolute Gasteiger partial charge is 0.341 e. The summed E-state index contributed by atoms with van der Waals surface area (Å²) < 4.78 is 0. The van der Waals surface area contributed by atoms with Crippen LogP contribution in [-0.2, 0) is 4.79 Å². The zero-order chi connectivity index (χ0) is 15.9. The minimum atomic E-state index is -0.464. The fourth-order valence-electron chi connectivity index (χ4n) is 2.95. The number of hydrogen-bond donors (Lipinski definition) is 2. The van der Waals surface area contributed by atoms with E-state index in [4.69, 9.17) is 0 Å². The van der Waals surface area contributed by atoms with Crippen molar-refractivity contribution in [2.24, 2.45) is 5.92 Å². The molecule has 5 heteroatoms. The molecule has 1 heterocycles. The Kier molecular flexibility index (Phi) is 5.95. The van der Waals surface area contributed by atoms with Crippen molar-refractivity contribution in [1.82, 2.24) is 15.5 Å². The molecule has 2 rings (SSSR count). The number of nitrogens with one attached hydrogen (secondary N) is 2. The summed E-state index contributed by atoms with van der Waals surface area (Å²) in [6.07, 6.45) is 3.35. The molecule has 3 amide bonds. The molecule has 0 spiro atoms. The van der Waals surface area contributed by atoms with Crippen molar-refractivity contribution in [3.8, 4) is 0 Å². The van der Waals surface area contributed by atoms with Gasteiger partial charge in [0.1, 0.15) is 6.04 Å². The number of urea groups is 1. The second-order valence-corrected chi connectivity index (χ2v) is 5.95. The molecule has 0 bridgehead atoms. The molecule has 0 aromatic heterocycles. The maximum Gasteiger partial charge on any atom is 0.321 e. The van der Waals surface area contributed by atoms with Crippen LogP contribution in [0.5, 0.6) is 0 Å². The summed E-state index contributed by atoms with van der Waals surface area (Å²) in [7, 11) is 1.51. The van der Waals surface area contributed by atoms with Crippen LogP contribution in [0.2, 0.25) is 0 Å². The lowest BCUT2D eigenvalue weighted by molar-refractivity contribution is -0.125. The predicted octanol–water partition coefficient (Wildman–Crippen LogP) is 2.31. The molecule has 0 aliphatic carbocycles. The van der Waals surface area contributed by atoms with E-state index in [1.54, 1.807) is 0 Å². The van der Waals surface area contributed by atoms with E-state index < -0.39 is 12.1 Å². The number of rotatable bonds is 3. The normalized spacial score (nSPS) is 20.7. The van der Waals surface area contributed by atoms with Gasteiger partial charge in [-0.25, -0.2) is 4.79 Å². The first-order valence-electron chi connectivity index (χ1n) is 7.93. The monoisotopic (exact) mass is 303 g/mol. The van der Waals surface area contributed by atoms with Crippen LogP contribution >= 0.6 is 0 Å². The van der Waals surface area contributed by atoms with Crippen molar-refractivity contribution in [3.63, 3.8) is 0 Å². The van der Waals surface area contributed by atoms with Crippen molar-refractivity contribution >= 4 is 11.9 Å². The number of imide groups is 1. The molecule has 2 N–H and O–H groups in total. The number of benzene rings is 1. The highest BCUT2D eigenvalue weighted by Gasteiger charge is 2.29. The second kappa shape index (κ2) is 7.94. The van der Waals surface area contributed by atoms with Crippen LogP contribution in [-0.4, -0.2) is 37.0 Å².